The first-order valence-corrected chi connectivity index (χ1v) is 7.53. The quantitative estimate of drug-likeness (QED) is 0.699. The molecule has 0 fully saturated rings. The Morgan fingerprint density at radius 2 is 2.14 bits per heavy atom. The summed E-state index contributed by atoms with van der Waals surface area (Å²) in [6, 6.07) is 11.8. The predicted octanol–water partition coefficient (Wildman–Crippen LogP) is 3.02. The SMILES string of the molecule is N=Cc1cn(CC(=O)NCc2cccs2)c2ccccc12. The Morgan fingerprint density at radius 3 is 2.90 bits per heavy atom. The van der Waals surface area contributed by atoms with Crippen LogP contribution in [-0.4, -0.2) is 16.7 Å². The van der Waals surface area contributed by atoms with Crippen LogP contribution in [0.3, 0.4) is 0 Å². The van der Waals surface area contributed by atoms with Crippen molar-refractivity contribution in [3.8, 4) is 0 Å². The molecule has 0 bridgehead atoms. The number of rotatable bonds is 5. The first-order chi connectivity index (χ1) is 10.3. The summed E-state index contributed by atoms with van der Waals surface area (Å²) >= 11 is 1.63. The first kappa shape index (κ1) is 13.6. The van der Waals surface area contributed by atoms with E-state index in [2.05, 4.69) is 5.32 Å². The van der Waals surface area contributed by atoms with Crippen LogP contribution in [0.4, 0.5) is 0 Å². The van der Waals surface area contributed by atoms with Crippen molar-refractivity contribution >= 4 is 34.4 Å². The summed E-state index contributed by atoms with van der Waals surface area (Å²) in [6.45, 7) is 0.826. The molecule has 1 amide bonds. The van der Waals surface area contributed by atoms with Crippen molar-refractivity contribution < 1.29 is 4.79 Å². The molecule has 1 aromatic carbocycles. The van der Waals surface area contributed by atoms with Gasteiger partial charge in [-0.15, -0.1) is 11.3 Å². The highest BCUT2D eigenvalue weighted by atomic mass is 32.1. The number of nitrogens with zero attached hydrogens (tertiary/aromatic N) is 1. The molecular weight excluding hydrogens is 282 g/mol. The highest BCUT2D eigenvalue weighted by Gasteiger charge is 2.09. The number of carbonyl (C=O) groups is 1. The molecule has 0 radical (unpaired) electrons. The smallest absolute Gasteiger partial charge is 0.240 e. The molecule has 3 aromatic rings. The minimum absolute atomic E-state index is 0.0271. The number of hydrogen-bond donors (Lipinski definition) is 2. The molecule has 0 aliphatic rings. The van der Waals surface area contributed by atoms with E-state index in [0.29, 0.717) is 6.54 Å². The lowest BCUT2D eigenvalue weighted by Crippen LogP contribution is -2.26. The van der Waals surface area contributed by atoms with Gasteiger partial charge in [0.25, 0.3) is 0 Å². The van der Waals surface area contributed by atoms with Gasteiger partial charge in [0, 0.05) is 33.8 Å². The second kappa shape index (κ2) is 5.93. The topological polar surface area (TPSA) is 57.9 Å². The number of benzene rings is 1. The van der Waals surface area contributed by atoms with E-state index in [1.807, 2.05) is 52.5 Å². The fourth-order valence-corrected chi connectivity index (χ4v) is 2.98. The maximum absolute atomic E-state index is 12.1. The van der Waals surface area contributed by atoms with Crippen molar-refractivity contribution in [1.82, 2.24) is 9.88 Å². The Morgan fingerprint density at radius 1 is 1.29 bits per heavy atom. The monoisotopic (exact) mass is 297 g/mol. The molecule has 2 N–H and O–H groups in total. The maximum Gasteiger partial charge on any atom is 0.240 e. The second-order valence-corrected chi connectivity index (χ2v) is 5.76. The van der Waals surface area contributed by atoms with E-state index < -0.39 is 0 Å². The maximum atomic E-state index is 12.1. The minimum atomic E-state index is -0.0271. The van der Waals surface area contributed by atoms with Crippen LogP contribution in [0.25, 0.3) is 10.9 Å². The highest BCUT2D eigenvalue weighted by molar-refractivity contribution is 7.09. The van der Waals surface area contributed by atoms with Gasteiger partial charge in [-0.2, -0.15) is 0 Å². The molecule has 0 saturated heterocycles. The van der Waals surface area contributed by atoms with Crippen molar-refractivity contribution in [1.29, 1.82) is 5.41 Å². The second-order valence-electron chi connectivity index (χ2n) is 4.73. The fourth-order valence-electron chi connectivity index (χ4n) is 2.33. The van der Waals surface area contributed by atoms with E-state index in [1.165, 1.54) is 6.21 Å². The molecule has 0 unspecified atom stereocenters. The van der Waals surface area contributed by atoms with Gasteiger partial charge in [-0.3, -0.25) is 4.79 Å². The number of carbonyl (C=O) groups excluding carboxylic acids is 1. The molecule has 0 saturated carbocycles. The van der Waals surface area contributed by atoms with Crippen LogP contribution in [0.5, 0.6) is 0 Å². The van der Waals surface area contributed by atoms with Crippen molar-refractivity contribution in [2.24, 2.45) is 0 Å². The molecule has 0 spiro atoms. The molecule has 0 aliphatic heterocycles. The number of aromatic nitrogens is 1. The summed E-state index contributed by atoms with van der Waals surface area (Å²) in [7, 11) is 0. The average molecular weight is 297 g/mol. The summed E-state index contributed by atoms with van der Waals surface area (Å²) < 4.78 is 1.89. The molecule has 4 nitrogen and oxygen atoms in total. The summed E-state index contributed by atoms with van der Waals surface area (Å²) in [6.07, 6.45) is 3.17. The Labute approximate surface area is 126 Å². The van der Waals surface area contributed by atoms with Crippen LogP contribution in [0, 0.1) is 5.41 Å². The third-order valence-corrected chi connectivity index (χ3v) is 4.21. The fraction of sp³-hybridized carbons (Fsp3) is 0.125. The number of para-hydroxylation sites is 1. The van der Waals surface area contributed by atoms with Gasteiger partial charge in [0.05, 0.1) is 6.54 Å². The van der Waals surface area contributed by atoms with Crippen LogP contribution in [0.15, 0.2) is 48.0 Å². The summed E-state index contributed by atoms with van der Waals surface area (Å²) in [4.78, 5) is 13.2. The lowest BCUT2D eigenvalue weighted by molar-refractivity contribution is -0.121. The standard InChI is InChI=1S/C16H15N3OS/c17-8-12-10-19(15-6-2-1-5-14(12)15)11-16(20)18-9-13-4-3-7-21-13/h1-8,10,17H,9,11H2,(H,18,20). The molecule has 3 rings (SSSR count). The van der Waals surface area contributed by atoms with Crippen LogP contribution >= 0.6 is 11.3 Å². The lowest BCUT2D eigenvalue weighted by Gasteiger charge is -2.06. The molecule has 5 heteroatoms. The van der Waals surface area contributed by atoms with Gasteiger partial charge in [-0.05, 0) is 17.5 Å². The van der Waals surface area contributed by atoms with Gasteiger partial charge in [0.2, 0.25) is 5.91 Å². The number of thiophene rings is 1. The molecule has 21 heavy (non-hydrogen) atoms. The van der Waals surface area contributed by atoms with Crippen molar-refractivity contribution in [3.05, 3.63) is 58.4 Å². The zero-order valence-corrected chi connectivity index (χ0v) is 12.2. The Balaban J connectivity index is 1.75. The van der Waals surface area contributed by atoms with Crippen molar-refractivity contribution in [2.75, 3.05) is 0 Å². The van der Waals surface area contributed by atoms with E-state index in [1.54, 1.807) is 11.3 Å². The van der Waals surface area contributed by atoms with E-state index in [0.717, 1.165) is 21.3 Å². The van der Waals surface area contributed by atoms with E-state index in [-0.39, 0.29) is 12.5 Å². The van der Waals surface area contributed by atoms with Gasteiger partial charge in [0.15, 0.2) is 0 Å². The number of fused-ring (bicyclic) bond motifs is 1. The molecule has 2 aromatic heterocycles. The Hall–Kier alpha value is -2.40. The highest BCUT2D eigenvalue weighted by Crippen LogP contribution is 2.19. The number of amides is 1. The number of nitrogens with one attached hydrogen (secondary N) is 2. The van der Waals surface area contributed by atoms with Crippen LogP contribution in [0.1, 0.15) is 10.4 Å². The third kappa shape index (κ3) is 2.87. The molecule has 106 valence electrons. The summed E-state index contributed by atoms with van der Waals surface area (Å²) in [5.41, 5.74) is 1.80. The zero-order chi connectivity index (χ0) is 14.7. The number of hydrogen-bond acceptors (Lipinski definition) is 3. The van der Waals surface area contributed by atoms with Gasteiger partial charge in [-0.25, -0.2) is 0 Å². The molecular formula is C16H15N3OS. The average Bonchev–Trinajstić information content (AvgIpc) is 3.13. The van der Waals surface area contributed by atoms with Gasteiger partial charge in [0.1, 0.15) is 6.54 Å². The predicted molar refractivity (Wildman–Crippen MR) is 86.0 cm³/mol. The largest absolute Gasteiger partial charge is 0.350 e. The van der Waals surface area contributed by atoms with Gasteiger partial charge < -0.3 is 15.3 Å². The van der Waals surface area contributed by atoms with E-state index in [4.69, 9.17) is 5.41 Å². The van der Waals surface area contributed by atoms with E-state index in [9.17, 15) is 4.79 Å². The molecule has 2 heterocycles. The zero-order valence-electron chi connectivity index (χ0n) is 11.4. The van der Waals surface area contributed by atoms with Crippen LogP contribution in [0.2, 0.25) is 0 Å². The van der Waals surface area contributed by atoms with Gasteiger partial charge in [-0.1, -0.05) is 24.3 Å². The van der Waals surface area contributed by atoms with Crippen LogP contribution < -0.4 is 5.32 Å². The third-order valence-electron chi connectivity index (χ3n) is 3.33. The van der Waals surface area contributed by atoms with Crippen molar-refractivity contribution in [3.63, 3.8) is 0 Å². The van der Waals surface area contributed by atoms with Crippen molar-refractivity contribution in [2.45, 2.75) is 13.1 Å². The lowest BCUT2D eigenvalue weighted by atomic mass is 10.2. The summed E-state index contributed by atoms with van der Waals surface area (Å²) in [5.74, 6) is -0.0271. The minimum Gasteiger partial charge on any atom is -0.350 e. The normalized spacial score (nSPS) is 10.7. The first-order valence-electron chi connectivity index (χ1n) is 6.65. The Bertz CT molecular complexity index is 774. The van der Waals surface area contributed by atoms with E-state index >= 15 is 0 Å². The molecule has 0 atom stereocenters. The Kier molecular flexibility index (Phi) is 3.83. The van der Waals surface area contributed by atoms with Gasteiger partial charge >= 0.3 is 0 Å². The summed E-state index contributed by atoms with van der Waals surface area (Å²) in [5, 5.41) is 13.4. The van der Waals surface area contributed by atoms with Crippen LogP contribution in [-0.2, 0) is 17.9 Å². The molecule has 0 aliphatic carbocycles.